The molecule has 0 aliphatic carbocycles. The predicted molar refractivity (Wildman–Crippen MR) is 95.3 cm³/mol. The fraction of sp³-hybridized carbons (Fsp3) is 0.200. The molecule has 1 heterocycles. The van der Waals surface area contributed by atoms with Gasteiger partial charge in [0.2, 0.25) is 0 Å². The molecular formula is C20H19N3O. The maximum atomic E-state index is 12.6. The minimum Gasteiger partial charge on any atom is -0.368 e. The van der Waals surface area contributed by atoms with Crippen molar-refractivity contribution >= 4 is 17.7 Å². The topological polar surface area (TPSA) is 47.3 Å². The summed E-state index contributed by atoms with van der Waals surface area (Å²) in [5.74, 6) is -0.186. The van der Waals surface area contributed by atoms with Crippen LogP contribution in [0.1, 0.15) is 5.56 Å². The first-order valence-corrected chi connectivity index (χ1v) is 8.04. The Bertz CT molecular complexity index is 754. The number of carbonyl (C=O) groups excluding carboxylic acids is 1. The standard InChI is InChI=1S/C20H19N3O/c21-16-18(15-17-7-3-1-4-8-17)20(24)23-13-11-22(12-14-23)19-9-5-2-6-10-19/h1-10,15H,11-14H2/b18-15-. The Kier molecular flexibility index (Phi) is 4.93. The lowest BCUT2D eigenvalue weighted by Gasteiger charge is -2.36. The van der Waals surface area contributed by atoms with Gasteiger partial charge in [-0.2, -0.15) is 5.26 Å². The van der Waals surface area contributed by atoms with Crippen LogP contribution in [0.15, 0.2) is 66.2 Å². The Morgan fingerprint density at radius 1 is 0.917 bits per heavy atom. The lowest BCUT2D eigenvalue weighted by Crippen LogP contribution is -2.49. The van der Waals surface area contributed by atoms with Crippen LogP contribution in [-0.4, -0.2) is 37.0 Å². The highest BCUT2D eigenvalue weighted by Crippen LogP contribution is 2.17. The molecule has 4 heteroatoms. The largest absolute Gasteiger partial charge is 0.368 e. The summed E-state index contributed by atoms with van der Waals surface area (Å²) in [6.07, 6.45) is 1.66. The molecule has 0 N–H and O–H groups in total. The van der Waals surface area contributed by atoms with Crippen LogP contribution in [0.3, 0.4) is 0 Å². The molecule has 0 spiro atoms. The van der Waals surface area contributed by atoms with Crippen molar-refractivity contribution in [2.45, 2.75) is 0 Å². The van der Waals surface area contributed by atoms with E-state index in [4.69, 9.17) is 0 Å². The van der Waals surface area contributed by atoms with E-state index in [0.717, 1.165) is 18.7 Å². The average Bonchev–Trinajstić information content (AvgIpc) is 2.67. The number of benzene rings is 2. The minimum absolute atomic E-state index is 0.186. The zero-order valence-electron chi connectivity index (χ0n) is 13.4. The van der Waals surface area contributed by atoms with E-state index in [-0.39, 0.29) is 11.5 Å². The molecule has 0 bridgehead atoms. The highest BCUT2D eigenvalue weighted by atomic mass is 16.2. The van der Waals surface area contributed by atoms with Crippen LogP contribution in [0.4, 0.5) is 5.69 Å². The van der Waals surface area contributed by atoms with Gasteiger partial charge in [0, 0.05) is 31.9 Å². The summed E-state index contributed by atoms with van der Waals surface area (Å²) in [5.41, 5.74) is 2.23. The first-order valence-electron chi connectivity index (χ1n) is 8.04. The van der Waals surface area contributed by atoms with E-state index in [1.165, 1.54) is 5.69 Å². The second kappa shape index (κ2) is 7.47. The van der Waals surface area contributed by atoms with Gasteiger partial charge < -0.3 is 9.80 Å². The van der Waals surface area contributed by atoms with Crippen molar-refractivity contribution in [1.82, 2.24) is 4.90 Å². The number of nitriles is 1. The van der Waals surface area contributed by atoms with Crippen LogP contribution in [0.2, 0.25) is 0 Å². The fourth-order valence-electron chi connectivity index (χ4n) is 2.83. The summed E-state index contributed by atoms with van der Waals surface area (Å²) >= 11 is 0. The van der Waals surface area contributed by atoms with Crippen molar-refractivity contribution in [1.29, 1.82) is 5.26 Å². The number of amides is 1. The molecule has 1 amide bonds. The van der Waals surface area contributed by atoms with E-state index in [9.17, 15) is 10.1 Å². The maximum absolute atomic E-state index is 12.6. The highest BCUT2D eigenvalue weighted by Gasteiger charge is 2.23. The summed E-state index contributed by atoms with van der Waals surface area (Å²) in [5, 5.41) is 9.34. The first-order chi connectivity index (χ1) is 11.8. The van der Waals surface area contributed by atoms with Crippen LogP contribution < -0.4 is 4.90 Å². The smallest absolute Gasteiger partial charge is 0.264 e. The summed E-state index contributed by atoms with van der Waals surface area (Å²) in [6.45, 7) is 2.81. The molecule has 1 aliphatic heterocycles. The van der Waals surface area contributed by atoms with Gasteiger partial charge in [0.1, 0.15) is 11.6 Å². The fourth-order valence-corrected chi connectivity index (χ4v) is 2.83. The zero-order chi connectivity index (χ0) is 16.8. The SMILES string of the molecule is N#C/C(=C/c1ccccc1)C(=O)N1CCN(c2ccccc2)CC1. The van der Waals surface area contributed by atoms with E-state index < -0.39 is 0 Å². The van der Waals surface area contributed by atoms with Crippen molar-refractivity contribution in [3.05, 3.63) is 71.8 Å². The van der Waals surface area contributed by atoms with E-state index in [1.54, 1.807) is 11.0 Å². The van der Waals surface area contributed by atoms with Gasteiger partial charge in [0.15, 0.2) is 0 Å². The summed E-state index contributed by atoms with van der Waals surface area (Å²) in [4.78, 5) is 16.6. The number of para-hydroxylation sites is 1. The van der Waals surface area contributed by atoms with Crippen molar-refractivity contribution in [2.75, 3.05) is 31.1 Å². The summed E-state index contributed by atoms with van der Waals surface area (Å²) in [6, 6.07) is 21.7. The summed E-state index contributed by atoms with van der Waals surface area (Å²) in [7, 11) is 0. The average molecular weight is 317 g/mol. The Morgan fingerprint density at radius 3 is 2.08 bits per heavy atom. The van der Waals surface area contributed by atoms with Crippen molar-refractivity contribution in [3.63, 3.8) is 0 Å². The molecule has 0 aromatic heterocycles. The Hall–Kier alpha value is -3.06. The molecule has 0 atom stereocenters. The number of rotatable bonds is 3. The van der Waals surface area contributed by atoms with E-state index >= 15 is 0 Å². The predicted octanol–water partition coefficient (Wildman–Crippen LogP) is 2.94. The zero-order valence-corrected chi connectivity index (χ0v) is 13.4. The number of nitrogens with zero attached hydrogens (tertiary/aromatic N) is 3. The van der Waals surface area contributed by atoms with Crippen LogP contribution in [-0.2, 0) is 4.79 Å². The molecular weight excluding hydrogens is 298 g/mol. The second-order valence-corrected chi connectivity index (χ2v) is 5.70. The van der Waals surface area contributed by atoms with Crippen molar-refractivity contribution < 1.29 is 4.79 Å². The third kappa shape index (κ3) is 3.64. The van der Waals surface area contributed by atoms with Crippen LogP contribution >= 0.6 is 0 Å². The molecule has 1 fully saturated rings. The van der Waals surface area contributed by atoms with Crippen LogP contribution in [0.25, 0.3) is 6.08 Å². The Labute approximate surface area is 142 Å². The second-order valence-electron chi connectivity index (χ2n) is 5.70. The van der Waals surface area contributed by atoms with Gasteiger partial charge in [-0.3, -0.25) is 4.79 Å². The molecule has 0 saturated carbocycles. The van der Waals surface area contributed by atoms with Gasteiger partial charge in [-0.1, -0.05) is 48.5 Å². The molecule has 3 rings (SSSR count). The highest BCUT2D eigenvalue weighted by molar-refractivity contribution is 6.01. The Balaban J connectivity index is 1.66. The van der Waals surface area contributed by atoms with Crippen molar-refractivity contribution in [3.8, 4) is 6.07 Å². The number of piperazine rings is 1. The number of anilines is 1. The van der Waals surface area contributed by atoms with Gasteiger partial charge in [0.25, 0.3) is 5.91 Å². The van der Waals surface area contributed by atoms with Crippen molar-refractivity contribution in [2.24, 2.45) is 0 Å². The Morgan fingerprint density at radius 2 is 1.50 bits per heavy atom. The summed E-state index contributed by atoms with van der Waals surface area (Å²) < 4.78 is 0. The van der Waals surface area contributed by atoms with E-state index in [2.05, 4.69) is 17.0 Å². The molecule has 2 aromatic rings. The molecule has 4 nitrogen and oxygen atoms in total. The van der Waals surface area contributed by atoms with Crippen LogP contribution in [0.5, 0.6) is 0 Å². The van der Waals surface area contributed by atoms with Gasteiger partial charge in [0.05, 0.1) is 0 Å². The lowest BCUT2D eigenvalue weighted by molar-refractivity contribution is -0.126. The van der Waals surface area contributed by atoms with Gasteiger partial charge in [-0.25, -0.2) is 0 Å². The molecule has 120 valence electrons. The molecule has 2 aromatic carbocycles. The molecule has 0 radical (unpaired) electrons. The van der Waals surface area contributed by atoms with Gasteiger partial charge in [-0.15, -0.1) is 0 Å². The quantitative estimate of drug-likeness (QED) is 0.646. The number of hydrogen-bond donors (Lipinski definition) is 0. The molecule has 1 aliphatic rings. The molecule has 0 unspecified atom stereocenters. The normalized spacial score (nSPS) is 15.0. The maximum Gasteiger partial charge on any atom is 0.264 e. The van der Waals surface area contributed by atoms with Crippen LogP contribution in [0, 0.1) is 11.3 Å². The van der Waals surface area contributed by atoms with E-state index in [1.807, 2.05) is 54.6 Å². The number of hydrogen-bond acceptors (Lipinski definition) is 3. The van der Waals surface area contributed by atoms with E-state index in [0.29, 0.717) is 13.1 Å². The third-order valence-electron chi connectivity index (χ3n) is 4.15. The monoisotopic (exact) mass is 317 g/mol. The lowest BCUT2D eigenvalue weighted by atomic mass is 10.1. The van der Waals surface area contributed by atoms with Gasteiger partial charge in [-0.05, 0) is 23.8 Å². The molecule has 1 saturated heterocycles. The molecule has 24 heavy (non-hydrogen) atoms. The minimum atomic E-state index is -0.186. The van der Waals surface area contributed by atoms with Gasteiger partial charge >= 0.3 is 0 Å². The number of carbonyl (C=O) groups is 1. The first kappa shape index (κ1) is 15.8. The third-order valence-corrected chi connectivity index (χ3v) is 4.15.